The van der Waals surface area contributed by atoms with Gasteiger partial charge in [-0.25, -0.2) is 14.2 Å². The summed E-state index contributed by atoms with van der Waals surface area (Å²) in [6.45, 7) is -2.13. The Morgan fingerprint density at radius 2 is 2.26 bits per heavy atom. The van der Waals surface area contributed by atoms with Crippen molar-refractivity contribution < 1.29 is 18.0 Å². The van der Waals surface area contributed by atoms with Gasteiger partial charge in [0.15, 0.2) is 10.8 Å². The van der Waals surface area contributed by atoms with Crippen molar-refractivity contribution >= 4 is 41.0 Å². The molecule has 0 unspecified atom stereocenters. The minimum atomic E-state index is -2.84. The lowest BCUT2D eigenvalue weighted by Gasteiger charge is -2.33. The van der Waals surface area contributed by atoms with Crippen LogP contribution in [0.15, 0.2) is 57.8 Å². The lowest BCUT2D eigenvalue weighted by atomic mass is 9.88. The Bertz CT molecular complexity index is 1280. The van der Waals surface area contributed by atoms with Gasteiger partial charge in [0.1, 0.15) is 11.9 Å². The Morgan fingerprint density at radius 3 is 2.89 bits per heavy atom. The van der Waals surface area contributed by atoms with Gasteiger partial charge in [-0.2, -0.15) is 8.78 Å². The Kier molecular flexibility index (Phi) is 6.01. The zero-order chi connectivity index (χ0) is 24.7. The normalized spacial score (nSPS) is 24.0. The number of carbonyl (C=O) groups is 1. The fraction of sp³-hybridized carbons (Fsp3) is 0.273. The Balaban J connectivity index is 1.73. The summed E-state index contributed by atoms with van der Waals surface area (Å²) >= 11 is 7.79. The number of aliphatic imine (C=N–C) groups is 1. The predicted molar refractivity (Wildman–Crippen MR) is 126 cm³/mol. The minimum absolute atomic E-state index is 0.110. The van der Waals surface area contributed by atoms with Crippen molar-refractivity contribution in [1.29, 1.82) is 5.41 Å². The molecule has 1 aromatic heterocycles. The van der Waals surface area contributed by atoms with Gasteiger partial charge in [-0.15, -0.1) is 11.3 Å². The molecule has 2 fully saturated rings. The molecule has 13 heteroatoms. The van der Waals surface area contributed by atoms with Crippen LogP contribution in [0.5, 0.6) is 0 Å². The molecule has 4 heterocycles. The second-order valence-electron chi connectivity index (χ2n) is 8.28. The van der Waals surface area contributed by atoms with Gasteiger partial charge in [0.2, 0.25) is 0 Å². The van der Waals surface area contributed by atoms with Crippen LogP contribution in [0.4, 0.5) is 18.0 Å². The number of nitrogens with zero attached hydrogens (tertiary/aromatic N) is 3. The summed E-state index contributed by atoms with van der Waals surface area (Å²) in [5.41, 5.74) is 1.08. The van der Waals surface area contributed by atoms with Crippen LogP contribution in [0.1, 0.15) is 23.0 Å². The molecule has 1 aromatic carbocycles. The number of aromatic nitrogens is 1. The maximum absolute atomic E-state index is 13.9. The summed E-state index contributed by atoms with van der Waals surface area (Å²) in [6, 6.07) is 2.76. The van der Waals surface area contributed by atoms with E-state index in [1.54, 1.807) is 11.6 Å². The van der Waals surface area contributed by atoms with Crippen LogP contribution < -0.4 is 16.0 Å². The molecule has 0 radical (unpaired) electrons. The Morgan fingerprint density at radius 1 is 1.43 bits per heavy atom. The van der Waals surface area contributed by atoms with Crippen LogP contribution in [0, 0.1) is 11.2 Å². The first-order valence-electron chi connectivity index (χ1n) is 10.5. The molecule has 2 saturated heterocycles. The molecule has 2 atom stereocenters. The summed E-state index contributed by atoms with van der Waals surface area (Å²) in [5, 5.41) is 18.2. The highest BCUT2D eigenvalue weighted by Gasteiger charge is 2.50. The number of hydrogen-bond acceptors (Lipinski definition) is 7. The standard InChI is InChI=1S/C22H19ClF3N7OS/c23-14-5-12(24)1-2-13(14)17-16(11(7-27)8-29-20(25)26)15-6-22(9-30-21(34)32-22)10-33(15)18(31-17)19-28-3-4-35-19/h1-5,7-8,17,20,27,29H,6,9-10H2,(H2,30,32,34)/b11-8+,27-7?/t17-,22+/m0/s1. The van der Waals surface area contributed by atoms with Gasteiger partial charge in [0, 0.05) is 65.4 Å². The maximum atomic E-state index is 13.9. The summed E-state index contributed by atoms with van der Waals surface area (Å²) < 4.78 is 39.9. The molecule has 2 aromatic rings. The number of alkyl halides is 2. The molecule has 35 heavy (non-hydrogen) atoms. The molecule has 1 spiro atoms. The molecule has 182 valence electrons. The quantitative estimate of drug-likeness (QED) is 0.343. The first-order valence-corrected chi connectivity index (χ1v) is 11.8. The lowest BCUT2D eigenvalue weighted by molar-refractivity contribution is 0.125. The summed E-state index contributed by atoms with van der Waals surface area (Å²) in [4.78, 5) is 23.3. The van der Waals surface area contributed by atoms with Gasteiger partial charge in [0.25, 0.3) is 0 Å². The van der Waals surface area contributed by atoms with Crippen molar-refractivity contribution in [3.63, 3.8) is 0 Å². The van der Waals surface area contributed by atoms with Crippen LogP contribution in [-0.2, 0) is 0 Å². The van der Waals surface area contributed by atoms with Gasteiger partial charge < -0.3 is 26.3 Å². The van der Waals surface area contributed by atoms with E-state index >= 15 is 0 Å². The van der Waals surface area contributed by atoms with Crippen molar-refractivity contribution in [2.24, 2.45) is 4.99 Å². The number of hydrogen-bond donors (Lipinski definition) is 4. The van der Waals surface area contributed by atoms with Crippen molar-refractivity contribution in [2.45, 2.75) is 24.6 Å². The van der Waals surface area contributed by atoms with E-state index in [9.17, 15) is 18.0 Å². The van der Waals surface area contributed by atoms with E-state index in [1.165, 1.54) is 23.5 Å². The van der Waals surface area contributed by atoms with Crippen LogP contribution in [0.25, 0.3) is 0 Å². The number of amidine groups is 1. The average Bonchev–Trinajstić information content (AvgIpc) is 3.54. The molecule has 4 N–H and O–H groups in total. The topological polar surface area (TPSA) is 106 Å². The van der Waals surface area contributed by atoms with E-state index < -0.39 is 23.9 Å². The SMILES string of the molecule is N=C/C(=C\NC(F)F)C1=C2C[C@@]3(CNC(=O)N3)CN2C(c2nccs2)=N[C@H]1c1ccc(F)cc1Cl. The number of amides is 2. The molecule has 2 amide bonds. The van der Waals surface area contributed by atoms with Gasteiger partial charge >= 0.3 is 12.6 Å². The summed E-state index contributed by atoms with van der Waals surface area (Å²) in [5.74, 6) is -0.00965. The lowest BCUT2D eigenvalue weighted by Crippen LogP contribution is -2.47. The van der Waals surface area contributed by atoms with Crippen LogP contribution >= 0.6 is 22.9 Å². The number of thiazole rings is 1. The summed E-state index contributed by atoms with van der Waals surface area (Å²) in [7, 11) is 0. The van der Waals surface area contributed by atoms with Crippen LogP contribution in [-0.4, -0.2) is 53.1 Å². The molecule has 0 bridgehead atoms. The smallest absolute Gasteiger partial charge is 0.315 e. The molecular formula is C22H19ClF3N7OS. The number of fused-ring (bicyclic) bond motifs is 1. The molecule has 0 aliphatic carbocycles. The van der Waals surface area contributed by atoms with Gasteiger partial charge in [0.05, 0.1) is 5.54 Å². The van der Waals surface area contributed by atoms with E-state index in [1.807, 2.05) is 10.2 Å². The second kappa shape index (κ2) is 9.00. The molecule has 0 saturated carbocycles. The van der Waals surface area contributed by atoms with E-state index in [2.05, 4.69) is 15.6 Å². The fourth-order valence-electron chi connectivity index (χ4n) is 4.64. The zero-order valence-electron chi connectivity index (χ0n) is 18.0. The Hall–Kier alpha value is -3.38. The molecule has 5 rings (SSSR count). The fourth-order valence-corrected chi connectivity index (χ4v) is 5.55. The van der Waals surface area contributed by atoms with Gasteiger partial charge in [-0.1, -0.05) is 17.7 Å². The highest BCUT2D eigenvalue weighted by atomic mass is 35.5. The van der Waals surface area contributed by atoms with Crippen molar-refractivity contribution in [3.8, 4) is 0 Å². The van der Waals surface area contributed by atoms with E-state index in [0.717, 1.165) is 18.5 Å². The number of rotatable bonds is 6. The third-order valence-corrected chi connectivity index (χ3v) is 7.16. The molecule has 3 aliphatic heterocycles. The number of nitrogens with one attached hydrogen (secondary N) is 4. The maximum Gasteiger partial charge on any atom is 0.315 e. The minimum Gasteiger partial charge on any atom is -0.336 e. The van der Waals surface area contributed by atoms with Crippen LogP contribution in [0.2, 0.25) is 5.02 Å². The third-order valence-electron chi connectivity index (χ3n) is 6.06. The van der Waals surface area contributed by atoms with Crippen molar-refractivity contribution in [1.82, 2.24) is 25.8 Å². The monoisotopic (exact) mass is 521 g/mol. The third kappa shape index (κ3) is 4.27. The summed E-state index contributed by atoms with van der Waals surface area (Å²) in [6.07, 6.45) is 4.01. The Labute approximate surface area is 207 Å². The van der Waals surface area contributed by atoms with Crippen molar-refractivity contribution in [2.75, 3.05) is 13.1 Å². The molecular weight excluding hydrogens is 503 g/mol. The average molecular weight is 522 g/mol. The van der Waals surface area contributed by atoms with Crippen LogP contribution in [0.3, 0.4) is 0 Å². The van der Waals surface area contributed by atoms with Gasteiger partial charge in [-0.05, 0) is 17.7 Å². The predicted octanol–water partition coefficient (Wildman–Crippen LogP) is 3.79. The van der Waals surface area contributed by atoms with E-state index in [-0.39, 0.29) is 16.6 Å². The second-order valence-corrected chi connectivity index (χ2v) is 9.58. The molecule has 8 nitrogen and oxygen atoms in total. The number of carbonyl (C=O) groups excluding carboxylic acids is 1. The highest BCUT2D eigenvalue weighted by Crippen LogP contribution is 2.46. The van der Waals surface area contributed by atoms with E-state index in [4.69, 9.17) is 22.0 Å². The van der Waals surface area contributed by atoms with Gasteiger partial charge in [-0.3, -0.25) is 4.99 Å². The first kappa shape index (κ1) is 23.4. The number of benzene rings is 1. The molecule has 3 aliphatic rings. The number of urea groups is 1. The first-order chi connectivity index (χ1) is 16.8. The van der Waals surface area contributed by atoms with Crippen molar-refractivity contribution in [3.05, 3.63) is 74.2 Å². The highest BCUT2D eigenvalue weighted by molar-refractivity contribution is 7.11. The number of halogens is 4. The van der Waals surface area contributed by atoms with E-state index in [0.29, 0.717) is 47.2 Å². The largest absolute Gasteiger partial charge is 0.336 e. The zero-order valence-corrected chi connectivity index (χ0v) is 19.6.